The van der Waals surface area contributed by atoms with Crippen LogP contribution in [0.3, 0.4) is 0 Å². The predicted molar refractivity (Wildman–Crippen MR) is 68.2 cm³/mol. The minimum absolute atomic E-state index is 0.136. The molecule has 0 radical (unpaired) electrons. The van der Waals surface area contributed by atoms with Crippen LogP contribution in [-0.4, -0.2) is 26.8 Å². The molecule has 1 amide bonds. The van der Waals surface area contributed by atoms with Gasteiger partial charge in [-0.25, -0.2) is 4.79 Å². The van der Waals surface area contributed by atoms with E-state index < -0.39 is 12.0 Å². The molecule has 0 aromatic carbocycles. The first-order chi connectivity index (χ1) is 9.08. The van der Waals surface area contributed by atoms with Gasteiger partial charge in [-0.3, -0.25) is 9.48 Å². The number of carbonyl (C=O) groups excluding carboxylic acids is 1. The van der Waals surface area contributed by atoms with Gasteiger partial charge < -0.3 is 10.4 Å². The van der Waals surface area contributed by atoms with Gasteiger partial charge in [0, 0.05) is 24.7 Å². The Morgan fingerprint density at radius 1 is 1.53 bits per heavy atom. The molecule has 1 aliphatic carbocycles. The lowest BCUT2D eigenvalue weighted by atomic mass is 9.93. The highest BCUT2D eigenvalue weighted by Gasteiger charge is 2.27. The van der Waals surface area contributed by atoms with Gasteiger partial charge in [-0.05, 0) is 19.3 Å². The lowest BCUT2D eigenvalue weighted by Gasteiger charge is -2.20. The van der Waals surface area contributed by atoms with E-state index in [-0.39, 0.29) is 11.8 Å². The third-order valence-corrected chi connectivity index (χ3v) is 3.23. The lowest BCUT2D eigenvalue weighted by molar-refractivity contribution is -0.142. The number of aromatic nitrogens is 2. The van der Waals surface area contributed by atoms with Crippen molar-refractivity contribution < 1.29 is 14.7 Å². The van der Waals surface area contributed by atoms with Crippen LogP contribution in [0.1, 0.15) is 30.9 Å². The van der Waals surface area contributed by atoms with E-state index in [0.29, 0.717) is 12.0 Å². The smallest absolute Gasteiger partial charge is 0.331 e. The molecule has 6 nitrogen and oxygen atoms in total. The van der Waals surface area contributed by atoms with E-state index in [1.165, 1.54) is 10.9 Å². The molecule has 102 valence electrons. The second-order valence-electron chi connectivity index (χ2n) is 4.71. The minimum atomic E-state index is -1.08. The highest BCUT2D eigenvalue weighted by molar-refractivity contribution is 5.85. The van der Waals surface area contributed by atoms with Crippen molar-refractivity contribution in [2.45, 2.75) is 25.3 Å². The van der Waals surface area contributed by atoms with Gasteiger partial charge in [-0.1, -0.05) is 12.2 Å². The molecule has 0 bridgehead atoms. The molecule has 1 aromatic rings. The molecule has 2 unspecified atom stereocenters. The van der Waals surface area contributed by atoms with Gasteiger partial charge in [0.05, 0.1) is 6.20 Å². The Morgan fingerprint density at radius 3 is 2.84 bits per heavy atom. The summed E-state index contributed by atoms with van der Waals surface area (Å²) in [5.41, 5.74) is 0.481. The Hall–Kier alpha value is -2.11. The first-order valence-electron chi connectivity index (χ1n) is 6.24. The topological polar surface area (TPSA) is 84.2 Å². The van der Waals surface area contributed by atoms with Gasteiger partial charge in [0.25, 0.3) is 0 Å². The molecule has 0 fully saturated rings. The highest BCUT2D eigenvalue weighted by Crippen LogP contribution is 2.20. The van der Waals surface area contributed by atoms with Crippen molar-refractivity contribution in [3.8, 4) is 0 Å². The monoisotopic (exact) mass is 263 g/mol. The predicted octanol–water partition coefficient (Wildman–Crippen LogP) is 1.02. The number of carbonyl (C=O) groups is 2. The SMILES string of the molecule is Cn1cc(C(NC(=O)C2CC=CCC2)C(=O)O)cn1. The fourth-order valence-corrected chi connectivity index (χ4v) is 2.17. The summed E-state index contributed by atoms with van der Waals surface area (Å²) in [5.74, 6) is -1.42. The van der Waals surface area contributed by atoms with Gasteiger partial charge >= 0.3 is 5.97 Å². The van der Waals surface area contributed by atoms with Crippen LogP contribution < -0.4 is 5.32 Å². The van der Waals surface area contributed by atoms with Crippen LogP contribution in [0.2, 0.25) is 0 Å². The zero-order chi connectivity index (χ0) is 13.8. The standard InChI is InChI=1S/C13H17N3O3/c1-16-8-10(7-14-16)11(13(18)19)15-12(17)9-5-3-2-4-6-9/h2-3,7-9,11H,4-6H2,1H3,(H,15,17)(H,18,19). The molecule has 0 spiro atoms. The molecule has 0 saturated heterocycles. The molecule has 2 atom stereocenters. The molecule has 2 N–H and O–H groups in total. The summed E-state index contributed by atoms with van der Waals surface area (Å²) >= 11 is 0. The third-order valence-electron chi connectivity index (χ3n) is 3.23. The highest BCUT2D eigenvalue weighted by atomic mass is 16.4. The number of hydrogen-bond donors (Lipinski definition) is 2. The van der Waals surface area contributed by atoms with Crippen LogP contribution >= 0.6 is 0 Å². The number of amides is 1. The Balaban J connectivity index is 2.06. The van der Waals surface area contributed by atoms with Crippen LogP contribution in [0, 0.1) is 5.92 Å². The zero-order valence-corrected chi connectivity index (χ0v) is 10.7. The summed E-state index contributed by atoms with van der Waals surface area (Å²) in [6.45, 7) is 0. The van der Waals surface area contributed by atoms with Crippen molar-refractivity contribution >= 4 is 11.9 Å². The number of nitrogens with zero attached hydrogens (tertiary/aromatic N) is 2. The van der Waals surface area contributed by atoms with E-state index in [1.54, 1.807) is 13.2 Å². The van der Waals surface area contributed by atoms with Crippen molar-refractivity contribution in [2.24, 2.45) is 13.0 Å². The van der Waals surface area contributed by atoms with Gasteiger partial charge in [0.2, 0.25) is 5.91 Å². The van der Waals surface area contributed by atoms with Crippen LogP contribution in [0.25, 0.3) is 0 Å². The Kier molecular flexibility index (Phi) is 3.99. The average molecular weight is 263 g/mol. The molecule has 0 saturated carbocycles. The van der Waals surface area contributed by atoms with E-state index >= 15 is 0 Å². The first kappa shape index (κ1) is 13.3. The zero-order valence-electron chi connectivity index (χ0n) is 10.7. The number of aliphatic carboxylic acids is 1. The maximum absolute atomic E-state index is 12.1. The van der Waals surface area contributed by atoms with Crippen molar-refractivity contribution in [1.82, 2.24) is 15.1 Å². The van der Waals surface area contributed by atoms with E-state index in [4.69, 9.17) is 0 Å². The maximum Gasteiger partial charge on any atom is 0.331 e. The van der Waals surface area contributed by atoms with Crippen LogP contribution in [0.5, 0.6) is 0 Å². The van der Waals surface area contributed by atoms with Crippen molar-refractivity contribution in [2.75, 3.05) is 0 Å². The molecular formula is C13H17N3O3. The largest absolute Gasteiger partial charge is 0.479 e. The Morgan fingerprint density at radius 2 is 2.32 bits per heavy atom. The summed E-state index contributed by atoms with van der Waals surface area (Å²) in [7, 11) is 1.70. The molecular weight excluding hydrogens is 246 g/mol. The molecule has 1 aromatic heterocycles. The molecule has 2 rings (SSSR count). The summed E-state index contributed by atoms with van der Waals surface area (Å²) in [5, 5.41) is 15.7. The number of hydrogen-bond acceptors (Lipinski definition) is 3. The van der Waals surface area contributed by atoms with E-state index in [1.807, 2.05) is 12.2 Å². The molecule has 1 heterocycles. The van der Waals surface area contributed by atoms with Gasteiger partial charge in [-0.2, -0.15) is 5.10 Å². The fourth-order valence-electron chi connectivity index (χ4n) is 2.17. The second-order valence-corrected chi connectivity index (χ2v) is 4.71. The lowest BCUT2D eigenvalue weighted by Crippen LogP contribution is -2.37. The number of carboxylic acid groups (broad SMARTS) is 1. The summed E-state index contributed by atoms with van der Waals surface area (Å²) in [6, 6.07) is -1.04. The van der Waals surface area contributed by atoms with Crippen molar-refractivity contribution in [3.63, 3.8) is 0 Å². The van der Waals surface area contributed by atoms with Crippen molar-refractivity contribution in [1.29, 1.82) is 0 Å². The fraction of sp³-hybridized carbons (Fsp3) is 0.462. The molecule has 0 aliphatic heterocycles. The first-order valence-corrected chi connectivity index (χ1v) is 6.24. The van der Waals surface area contributed by atoms with E-state index in [0.717, 1.165) is 12.8 Å². The molecule has 6 heteroatoms. The van der Waals surface area contributed by atoms with Gasteiger partial charge in [-0.15, -0.1) is 0 Å². The van der Waals surface area contributed by atoms with Gasteiger partial charge in [0.1, 0.15) is 0 Å². The number of nitrogens with one attached hydrogen (secondary N) is 1. The van der Waals surface area contributed by atoms with E-state index in [2.05, 4.69) is 10.4 Å². The van der Waals surface area contributed by atoms with Crippen molar-refractivity contribution in [3.05, 3.63) is 30.1 Å². The van der Waals surface area contributed by atoms with Gasteiger partial charge in [0.15, 0.2) is 6.04 Å². The van der Waals surface area contributed by atoms with Crippen LogP contribution in [-0.2, 0) is 16.6 Å². The van der Waals surface area contributed by atoms with Crippen LogP contribution in [0.15, 0.2) is 24.5 Å². The number of aryl methyl sites for hydroxylation is 1. The summed E-state index contributed by atoms with van der Waals surface area (Å²) in [4.78, 5) is 23.3. The second kappa shape index (κ2) is 5.69. The Labute approximate surface area is 111 Å². The number of rotatable bonds is 4. The minimum Gasteiger partial charge on any atom is -0.479 e. The maximum atomic E-state index is 12.1. The number of allylic oxidation sites excluding steroid dienone is 2. The quantitative estimate of drug-likeness (QED) is 0.794. The molecule has 19 heavy (non-hydrogen) atoms. The normalized spacial score (nSPS) is 19.9. The summed E-state index contributed by atoms with van der Waals surface area (Å²) < 4.78 is 1.51. The third kappa shape index (κ3) is 3.21. The van der Waals surface area contributed by atoms with E-state index in [9.17, 15) is 14.7 Å². The Bertz CT molecular complexity index is 507. The molecule has 1 aliphatic rings. The number of carboxylic acids is 1. The average Bonchev–Trinajstić information content (AvgIpc) is 2.82. The summed E-state index contributed by atoms with van der Waals surface area (Å²) in [6.07, 6.45) is 9.36. The van der Waals surface area contributed by atoms with Crippen LogP contribution in [0.4, 0.5) is 0 Å².